The number of nitrogens with two attached hydrogens (primary N) is 1. The van der Waals surface area contributed by atoms with E-state index in [1.54, 1.807) is 12.1 Å². The summed E-state index contributed by atoms with van der Waals surface area (Å²) in [5, 5.41) is -0.403. The first-order valence-corrected chi connectivity index (χ1v) is 8.09. The first-order valence-electron chi connectivity index (χ1n) is 6.54. The van der Waals surface area contributed by atoms with Crippen molar-refractivity contribution >= 4 is 9.84 Å². The third-order valence-electron chi connectivity index (χ3n) is 3.84. The van der Waals surface area contributed by atoms with E-state index in [1.165, 1.54) is 0 Å². The molecule has 0 saturated heterocycles. The van der Waals surface area contributed by atoms with Crippen LogP contribution in [0.1, 0.15) is 18.9 Å². The van der Waals surface area contributed by atoms with Gasteiger partial charge in [-0.3, -0.25) is 0 Å². The van der Waals surface area contributed by atoms with E-state index >= 15 is 0 Å². The van der Waals surface area contributed by atoms with Crippen LogP contribution in [0.25, 0.3) is 0 Å². The second-order valence-corrected chi connectivity index (χ2v) is 7.38. The fraction of sp³-hybridized carbons (Fsp3) is 0.571. The molecule has 0 radical (unpaired) electrons. The summed E-state index contributed by atoms with van der Waals surface area (Å²) in [6.45, 7) is 5.19. The molecule has 2 N–H and O–H groups in total. The summed E-state index contributed by atoms with van der Waals surface area (Å²) in [6.07, 6.45) is 0.597. The van der Waals surface area contributed by atoms with E-state index in [1.807, 2.05) is 26.0 Å². The predicted molar refractivity (Wildman–Crippen MR) is 74.8 cm³/mol. The molecule has 0 aromatic heterocycles. The fourth-order valence-corrected chi connectivity index (χ4v) is 4.59. The molecule has 1 aromatic rings. The van der Waals surface area contributed by atoms with Gasteiger partial charge in [-0.25, -0.2) is 8.42 Å². The average Bonchev–Trinajstić information content (AvgIpc) is 3.13. The highest BCUT2D eigenvalue weighted by atomic mass is 32.2. The zero-order chi connectivity index (χ0) is 14.1. The summed E-state index contributed by atoms with van der Waals surface area (Å²) in [5.41, 5.74) is 6.42. The maximum atomic E-state index is 12.5. The Morgan fingerprint density at radius 1 is 1.37 bits per heavy atom. The van der Waals surface area contributed by atoms with Gasteiger partial charge in [-0.1, -0.05) is 17.7 Å². The molecule has 2 rings (SSSR count). The predicted octanol–water partition coefficient (Wildman–Crippen LogP) is 1.52. The van der Waals surface area contributed by atoms with Crippen LogP contribution in [0.3, 0.4) is 0 Å². The van der Waals surface area contributed by atoms with Crippen molar-refractivity contribution in [3.8, 4) is 0 Å². The summed E-state index contributed by atoms with van der Waals surface area (Å²) >= 11 is 0. The van der Waals surface area contributed by atoms with Gasteiger partial charge in [0, 0.05) is 18.6 Å². The summed E-state index contributed by atoms with van der Waals surface area (Å²) in [7, 11) is -3.29. The summed E-state index contributed by atoms with van der Waals surface area (Å²) in [6, 6.07) is 6.99. The molecule has 5 heteroatoms. The van der Waals surface area contributed by atoms with Crippen LogP contribution in [0.5, 0.6) is 0 Å². The lowest BCUT2D eigenvalue weighted by Crippen LogP contribution is -2.28. The van der Waals surface area contributed by atoms with E-state index in [2.05, 4.69) is 0 Å². The maximum absolute atomic E-state index is 12.5. The van der Waals surface area contributed by atoms with E-state index in [-0.39, 0.29) is 5.41 Å². The Balaban J connectivity index is 2.20. The van der Waals surface area contributed by atoms with Gasteiger partial charge in [-0.15, -0.1) is 0 Å². The monoisotopic (exact) mass is 283 g/mol. The van der Waals surface area contributed by atoms with Crippen LogP contribution < -0.4 is 5.73 Å². The van der Waals surface area contributed by atoms with Crippen molar-refractivity contribution in [2.75, 3.05) is 19.8 Å². The molecular formula is C14H21NO3S. The van der Waals surface area contributed by atoms with Gasteiger partial charge in [0.1, 0.15) is 0 Å². The minimum atomic E-state index is -3.29. The number of hydrogen-bond acceptors (Lipinski definition) is 4. The van der Waals surface area contributed by atoms with Crippen molar-refractivity contribution in [2.24, 2.45) is 11.1 Å². The van der Waals surface area contributed by atoms with E-state index in [0.29, 0.717) is 31.1 Å². The van der Waals surface area contributed by atoms with E-state index in [4.69, 9.17) is 10.5 Å². The lowest BCUT2D eigenvalue weighted by atomic mass is 10.1. The third-order valence-corrected chi connectivity index (χ3v) is 6.18. The number of benzene rings is 1. The minimum absolute atomic E-state index is 0.350. The van der Waals surface area contributed by atoms with Gasteiger partial charge in [0.15, 0.2) is 9.84 Å². The van der Waals surface area contributed by atoms with Crippen LogP contribution in [0.4, 0.5) is 0 Å². The Morgan fingerprint density at radius 3 is 2.53 bits per heavy atom. The number of rotatable bonds is 6. The summed E-state index contributed by atoms with van der Waals surface area (Å²) < 4.78 is 30.5. The second-order valence-electron chi connectivity index (χ2n) is 5.25. The molecule has 0 spiro atoms. The Hall–Kier alpha value is -0.910. The second kappa shape index (κ2) is 5.23. The van der Waals surface area contributed by atoms with Gasteiger partial charge in [0.25, 0.3) is 0 Å². The molecule has 0 aliphatic heterocycles. The first-order chi connectivity index (χ1) is 8.96. The Labute approximate surface area is 114 Å². The highest BCUT2D eigenvalue weighted by molar-refractivity contribution is 7.92. The number of sulfone groups is 1. The summed E-state index contributed by atoms with van der Waals surface area (Å²) in [4.78, 5) is 0.384. The SMILES string of the molecule is CCOCC1(CN)CC1S(=O)(=O)c1ccc(C)cc1. The van der Waals surface area contributed by atoms with Crippen LogP contribution in [0.15, 0.2) is 29.2 Å². The average molecular weight is 283 g/mol. The van der Waals surface area contributed by atoms with E-state index in [9.17, 15) is 8.42 Å². The van der Waals surface area contributed by atoms with Gasteiger partial charge in [-0.2, -0.15) is 0 Å². The van der Waals surface area contributed by atoms with Gasteiger partial charge in [0.2, 0.25) is 0 Å². The molecule has 1 fully saturated rings. The largest absolute Gasteiger partial charge is 0.381 e. The van der Waals surface area contributed by atoms with Crippen LogP contribution >= 0.6 is 0 Å². The molecule has 1 aliphatic rings. The number of ether oxygens (including phenoxy) is 1. The smallest absolute Gasteiger partial charge is 0.181 e. The minimum Gasteiger partial charge on any atom is -0.381 e. The molecule has 0 bridgehead atoms. The number of aryl methyl sites for hydroxylation is 1. The maximum Gasteiger partial charge on any atom is 0.181 e. The third kappa shape index (κ3) is 2.68. The van der Waals surface area contributed by atoms with Gasteiger partial charge < -0.3 is 10.5 Å². The first kappa shape index (κ1) is 14.5. The van der Waals surface area contributed by atoms with Crippen molar-refractivity contribution in [3.05, 3.63) is 29.8 Å². The Kier molecular flexibility index (Phi) is 3.99. The highest BCUT2D eigenvalue weighted by Crippen LogP contribution is 2.52. The van der Waals surface area contributed by atoms with Crippen LogP contribution in [-0.2, 0) is 14.6 Å². The molecule has 0 heterocycles. The fourth-order valence-electron chi connectivity index (χ4n) is 2.37. The quantitative estimate of drug-likeness (QED) is 0.859. The van der Waals surface area contributed by atoms with Crippen LogP contribution in [0, 0.1) is 12.3 Å². The summed E-state index contributed by atoms with van der Waals surface area (Å²) in [5.74, 6) is 0. The van der Waals surface area contributed by atoms with Crippen LogP contribution in [0.2, 0.25) is 0 Å². The van der Waals surface area contributed by atoms with Crippen molar-refractivity contribution < 1.29 is 13.2 Å². The normalized spacial score (nSPS) is 26.4. The van der Waals surface area contributed by atoms with Crippen molar-refractivity contribution in [3.63, 3.8) is 0 Å². The van der Waals surface area contributed by atoms with E-state index < -0.39 is 15.1 Å². The highest BCUT2D eigenvalue weighted by Gasteiger charge is 2.60. The molecule has 2 atom stereocenters. The standard InChI is InChI=1S/C14H21NO3S/c1-3-18-10-14(9-15)8-13(14)19(16,17)12-6-4-11(2)5-7-12/h4-7,13H,3,8-10,15H2,1-2H3. The molecule has 19 heavy (non-hydrogen) atoms. The molecule has 106 valence electrons. The van der Waals surface area contributed by atoms with Gasteiger partial charge in [0.05, 0.1) is 16.8 Å². The van der Waals surface area contributed by atoms with Crippen LogP contribution in [-0.4, -0.2) is 33.4 Å². The molecular weight excluding hydrogens is 262 g/mol. The number of hydrogen-bond donors (Lipinski definition) is 1. The van der Waals surface area contributed by atoms with E-state index in [0.717, 1.165) is 5.56 Å². The zero-order valence-corrected chi connectivity index (χ0v) is 12.2. The molecule has 1 aromatic carbocycles. The lowest BCUT2D eigenvalue weighted by molar-refractivity contribution is 0.104. The Bertz CT molecular complexity index is 538. The van der Waals surface area contributed by atoms with Gasteiger partial charge >= 0.3 is 0 Å². The lowest BCUT2D eigenvalue weighted by Gasteiger charge is -2.15. The molecule has 2 unspecified atom stereocenters. The van der Waals surface area contributed by atoms with Gasteiger partial charge in [-0.05, 0) is 32.4 Å². The zero-order valence-electron chi connectivity index (χ0n) is 11.4. The Morgan fingerprint density at radius 2 is 2.00 bits per heavy atom. The molecule has 0 amide bonds. The van der Waals surface area contributed by atoms with Crippen molar-refractivity contribution in [1.82, 2.24) is 0 Å². The topological polar surface area (TPSA) is 69.4 Å². The molecule has 1 aliphatic carbocycles. The van der Waals surface area contributed by atoms with Crippen molar-refractivity contribution in [1.29, 1.82) is 0 Å². The molecule has 4 nitrogen and oxygen atoms in total. The molecule has 1 saturated carbocycles. The van der Waals surface area contributed by atoms with Crippen molar-refractivity contribution in [2.45, 2.75) is 30.4 Å².